The fraction of sp³-hybridized carbons (Fsp3) is 0.421. The summed E-state index contributed by atoms with van der Waals surface area (Å²) >= 11 is 0. The summed E-state index contributed by atoms with van der Waals surface area (Å²) in [4.78, 5) is 4.70. The first-order valence-corrected chi connectivity index (χ1v) is 8.54. The van der Waals surface area contributed by atoms with Crippen LogP contribution in [0.3, 0.4) is 0 Å². The smallest absolute Gasteiger partial charge is 0.176 e. The Balaban J connectivity index is 1.43. The Bertz CT molecular complexity index is 850. The zero-order chi connectivity index (χ0) is 16.5. The maximum absolute atomic E-state index is 5.94. The second-order valence-corrected chi connectivity index (χ2v) is 6.50. The molecule has 126 valence electrons. The molecule has 24 heavy (non-hydrogen) atoms. The van der Waals surface area contributed by atoms with Gasteiger partial charge in [0.15, 0.2) is 11.3 Å². The second-order valence-electron chi connectivity index (χ2n) is 6.50. The summed E-state index contributed by atoms with van der Waals surface area (Å²) < 4.78 is 13.6. The van der Waals surface area contributed by atoms with Crippen LogP contribution in [0, 0.1) is 6.92 Å². The average molecular weight is 325 g/mol. The van der Waals surface area contributed by atoms with E-state index >= 15 is 0 Å². The van der Waals surface area contributed by atoms with Crippen LogP contribution in [0.1, 0.15) is 36.0 Å². The molecule has 0 saturated carbocycles. The van der Waals surface area contributed by atoms with Crippen LogP contribution in [0.5, 0.6) is 5.75 Å². The van der Waals surface area contributed by atoms with Gasteiger partial charge in [0.05, 0.1) is 19.3 Å². The Labute approximate surface area is 141 Å². The van der Waals surface area contributed by atoms with E-state index in [4.69, 9.17) is 14.1 Å². The third-order valence-corrected chi connectivity index (χ3v) is 4.71. The number of para-hydroxylation sites is 1. The molecule has 5 heteroatoms. The zero-order valence-electron chi connectivity index (χ0n) is 14.2. The van der Waals surface area contributed by atoms with Crippen molar-refractivity contribution in [2.75, 3.05) is 13.7 Å². The molecule has 0 fully saturated rings. The Hall–Kier alpha value is -2.27. The summed E-state index contributed by atoms with van der Waals surface area (Å²) in [5, 5.41) is 4.61. The van der Waals surface area contributed by atoms with E-state index in [1.54, 1.807) is 7.11 Å². The summed E-state index contributed by atoms with van der Waals surface area (Å²) in [6, 6.07) is 8.04. The Kier molecular flexibility index (Phi) is 4.02. The molecule has 5 nitrogen and oxygen atoms in total. The van der Waals surface area contributed by atoms with Gasteiger partial charge in [-0.3, -0.25) is 0 Å². The first-order valence-electron chi connectivity index (χ1n) is 8.54. The predicted molar refractivity (Wildman–Crippen MR) is 93.4 cm³/mol. The fourth-order valence-electron chi connectivity index (χ4n) is 3.61. The van der Waals surface area contributed by atoms with Gasteiger partial charge in [0, 0.05) is 30.6 Å². The molecule has 0 saturated heterocycles. The van der Waals surface area contributed by atoms with E-state index in [9.17, 15) is 0 Å². The van der Waals surface area contributed by atoms with E-state index in [-0.39, 0.29) is 0 Å². The van der Waals surface area contributed by atoms with Crippen LogP contribution in [0.4, 0.5) is 0 Å². The van der Waals surface area contributed by atoms with Crippen molar-refractivity contribution >= 4 is 11.0 Å². The number of aromatic nitrogens is 2. The van der Waals surface area contributed by atoms with Gasteiger partial charge in [0.2, 0.25) is 0 Å². The minimum Gasteiger partial charge on any atom is -0.493 e. The molecule has 0 radical (unpaired) electrons. The molecule has 1 aromatic carbocycles. The predicted octanol–water partition coefficient (Wildman–Crippen LogP) is 3.61. The summed E-state index contributed by atoms with van der Waals surface area (Å²) in [6.45, 7) is 4.80. The van der Waals surface area contributed by atoms with Crippen molar-refractivity contribution in [2.45, 2.75) is 38.8 Å². The Morgan fingerprint density at radius 1 is 1.42 bits per heavy atom. The van der Waals surface area contributed by atoms with Gasteiger partial charge in [-0.15, -0.1) is 0 Å². The molecular weight excluding hydrogens is 302 g/mol. The highest BCUT2D eigenvalue weighted by atomic mass is 16.5. The number of imidazole rings is 1. The van der Waals surface area contributed by atoms with Crippen molar-refractivity contribution in [2.24, 2.45) is 0 Å². The number of aryl methyl sites for hydroxylation is 2. The largest absolute Gasteiger partial charge is 0.493 e. The number of ether oxygens (including phenoxy) is 1. The highest BCUT2D eigenvalue weighted by molar-refractivity contribution is 5.83. The Morgan fingerprint density at radius 2 is 2.33 bits per heavy atom. The van der Waals surface area contributed by atoms with Gasteiger partial charge in [-0.1, -0.05) is 12.1 Å². The molecule has 1 aliphatic heterocycles. The third-order valence-electron chi connectivity index (χ3n) is 4.71. The number of furan rings is 1. The topological polar surface area (TPSA) is 52.2 Å². The van der Waals surface area contributed by atoms with Gasteiger partial charge < -0.3 is 19.0 Å². The number of rotatable bonds is 5. The molecule has 4 rings (SSSR count). The summed E-state index contributed by atoms with van der Waals surface area (Å²) in [6.07, 6.45) is 4.57. The van der Waals surface area contributed by atoms with Crippen molar-refractivity contribution in [1.29, 1.82) is 0 Å². The van der Waals surface area contributed by atoms with Crippen LogP contribution in [-0.2, 0) is 13.1 Å². The number of hydrogen-bond acceptors (Lipinski definition) is 4. The number of methoxy groups -OCH3 is 1. The molecule has 3 aromatic rings. The van der Waals surface area contributed by atoms with E-state index in [0.717, 1.165) is 41.3 Å². The maximum Gasteiger partial charge on any atom is 0.176 e. The number of nitrogens with one attached hydrogen (secondary N) is 1. The SMILES string of the molecule is COc1cccc2cc(CNC[C@H]3CCCn4cc(C)nc43)oc12. The first kappa shape index (κ1) is 15.3. The average Bonchev–Trinajstić information content (AvgIpc) is 3.17. The van der Waals surface area contributed by atoms with Crippen LogP contribution in [0.15, 0.2) is 34.9 Å². The minimum absolute atomic E-state index is 0.478. The van der Waals surface area contributed by atoms with E-state index in [1.165, 1.54) is 18.7 Å². The molecule has 2 aromatic heterocycles. The van der Waals surface area contributed by atoms with Crippen LogP contribution >= 0.6 is 0 Å². The number of benzene rings is 1. The third kappa shape index (κ3) is 2.80. The van der Waals surface area contributed by atoms with E-state index < -0.39 is 0 Å². The Morgan fingerprint density at radius 3 is 3.21 bits per heavy atom. The highest BCUT2D eigenvalue weighted by Gasteiger charge is 2.22. The molecule has 1 aliphatic rings. The van der Waals surface area contributed by atoms with Crippen molar-refractivity contribution in [3.63, 3.8) is 0 Å². The van der Waals surface area contributed by atoms with Crippen LogP contribution in [-0.4, -0.2) is 23.2 Å². The summed E-state index contributed by atoms with van der Waals surface area (Å²) in [5.41, 5.74) is 1.93. The van der Waals surface area contributed by atoms with Crippen LogP contribution < -0.4 is 10.1 Å². The normalized spacial score (nSPS) is 17.2. The number of hydrogen-bond donors (Lipinski definition) is 1. The van der Waals surface area contributed by atoms with Gasteiger partial charge in [-0.05, 0) is 31.9 Å². The van der Waals surface area contributed by atoms with Crippen LogP contribution in [0.2, 0.25) is 0 Å². The first-order chi connectivity index (χ1) is 11.7. The molecule has 0 amide bonds. The maximum atomic E-state index is 5.94. The molecule has 1 atom stereocenters. The van der Waals surface area contributed by atoms with Gasteiger partial charge in [-0.2, -0.15) is 0 Å². The molecule has 0 aliphatic carbocycles. The lowest BCUT2D eigenvalue weighted by atomic mass is 9.99. The van der Waals surface area contributed by atoms with Crippen molar-refractivity contribution in [3.8, 4) is 5.75 Å². The van der Waals surface area contributed by atoms with E-state index in [1.807, 2.05) is 18.2 Å². The summed E-state index contributed by atoms with van der Waals surface area (Å²) in [7, 11) is 1.67. The van der Waals surface area contributed by atoms with Crippen molar-refractivity contribution < 1.29 is 9.15 Å². The zero-order valence-corrected chi connectivity index (χ0v) is 14.2. The van der Waals surface area contributed by atoms with Gasteiger partial charge in [0.1, 0.15) is 11.6 Å². The van der Waals surface area contributed by atoms with Crippen molar-refractivity contribution in [3.05, 3.63) is 47.7 Å². The number of nitrogens with zero attached hydrogens (tertiary/aromatic N) is 2. The van der Waals surface area contributed by atoms with Crippen molar-refractivity contribution in [1.82, 2.24) is 14.9 Å². The lowest BCUT2D eigenvalue weighted by molar-refractivity contribution is 0.400. The standard InChI is InChI=1S/C19H23N3O2/c1-13-12-22-8-4-6-15(19(22)21-13)10-20-11-16-9-14-5-3-7-17(23-2)18(14)24-16/h3,5,7,9,12,15,20H,4,6,8,10-11H2,1-2H3/t15-/m1/s1. The van der Waals surface area contributed by atoms with Gasteiger partial charge in [-0.25, -0.2) is 4.98 Å². The molecule has 3 heterocycles. The second kappa shape index (κ2) is 6.32. The molecule has 1 N–H and O–H groups in total. The minimum atomic E-state index is 0.478. The lowest BCUT2D eigenvalue weighted by Gasteiger charge is -2.23. The summed E-state index contributed by atoms with van der Waals surface area (Å²) in [5.74, 6) is 3.41. The molecular formula is C19H23N3O2. The van der Waals surface area contributed by atoms with E-state index in [2.05, 4.69) is 29.1 Å². The monoisotopic (exact) mass is 325 g/mol. The highest BCUT2D eigenvalue weighted by Crippen LogP contribution is 2.29. The number of fused-ring (bicyclic) bond motifs is 2. The van der Waals surface area contributed by atoms with Gasteiger partial charge in [0.25, 0.3) is 0 Å². The molecule has 0 spiro atoms. The van der Waals surface area contributed by atoms with E-state index in [0.29, 0.717) is 12.5 Å². The lowest BCUT2D eigenvalue weighted by Crippen LogP contribution is -2.26. The quantitative estimate of drug-likeness (QED) is 0.778. The molecule has 0 unspecified atom stereocenters. The molecule has 0 bridgehead atoms. The fourth-order valence-corrected chi connectivity index (χ4v) is 3.61. The van der Waals surface area contributed by atoms with Gasteiger partial charge >= 0.3 is 0 Å². The van der Waals surface area contributed by atoms with Crippen LogP contribution in [0.25, 0.3) is 11.0 Å².